The summed E-state index contributed by atoms with van der Waals surface area (Å²) in [5.74, 6) is -3.26. The fraction of sp³-hybridized carbons (Fsp3) is 0.513. The van der Waals surface area contributed by atoms with E-state index < -0.39 is 80.9 Å². The van der Waals surface area contributed by atoms with Gasteiger partial charge in [-0.05, 0) is 82.3 Å². The standard InChI is InChI=1S/C39H48ClFN6O8S/c1-38(2,3)45(4)36(51)42-31-14-9-7-5-6-8-12-25-20-39(25,35(50)44-56(53,54)28-17-15-26(40)16-18-28)43-33(48)32-19-27(22-47(32)34(31)49)55-37(52)46-21-24-11-10-13-30(41)29(24)23-46/h8,10-13,15-18,25,27,31-32H,5-7,9,14,19-23H2,1-4H3,(H,42,51)(H,43,48)(H,44,50)/t25-,27-,31+,32+,39-/m1/s1. The molecule has 0 bridgehead atoms. The van der Waals surface area contributed by atoms with Crippen LogP contribution in [0.15, 0.2) is 59.5 Å². The third kappa shape index (κ3) is 8.80. The van der Waals surface area contributed by atoms with Crippen LogP contribution in [-0.2, 0) is 42.2 Å². The first-order chi connectivity index (χ1) is 26.4. The van der Waals surface area contributed by atoms with Gasteiger partial charge < -0.3 is 25.2 Å². The lowest BCUT2D eigenvalue weighted by atomic mass is 10.0. The summed E-state index contributed by atoms with van der Waals surface area (Å²) in [5, 5.41) is 5.94. The van der Waals surface area contributed by atoms with E-state index in [4.69, 9.17) is 16.3 Å². The van der Waals surface area contributed by atoms with Crippen LogP contribution in [-0.4, -0.2) is 95.8 Å². The zero-order chi connectivity index (χ0) is 40.6. The second kappa shape index (κ2) is 16.0. The summed E-state index contributed by atoms with van der Waals surface area (Å²) in [6.45, 7) is 5.45. The lowest BCUT2D eigenvalue weighted by molar-refractivity contribution is -0.141. The van der Waals surface area contributed by atoms with E-state index in [2.05, 4.69) is 15.4 Å². The van der Waals surface area contributed by atoms with Gasteiger partial charge in [-0.2, -0.15) is 0 Å². The molecule has 5 atom stereocenters. The summed E-state index contributed by atoms with van der Waals surface area (Å²) in [7, 11) is -2.75. The average Bonchev–Trinajstić information content (AvgIpc) is 3.42. The largest absolute Gasteiger partial charge is 0.444 e. The number of sulfonamides is 1. The second-order valence-electron chi connectivity index (χ2n) is 15.9. The molecule has 1 saturated carbocycles. The highest BCUT2D eigenvalue weighted by Gasteiger charge is 2.62. The minimum absolute atomic E-state index is 0.0129. The predicted molar refractivity (Wildman–Crippen MR) is 204 cm³/mol. The number of nitrogens with one attached hydrogen (secondary N) is 3. The predicted octanol–water partition coefficient (Wildman–Crippen LogP) is 4.61. The third-order valence-electron chi connectivity index (χ3n) is 11.1. The molecule has 0 radical (unpaired) electrons. The van der Waals surface area contributed by atoms with E-state index >= 15 is 0 Å². The van der Waals surface area contributed by atoms with Crippen LogP contribution in [0.3, 0.4) is 0 Å². The first-order valence-electron chi connectivity index (χ1n) is 18.8. The quantitative estimate of drug-likeness (QED) is 0.367. The van der Waals surface area contributed by atoms with Crippen molar-refractivity contribution in [2.75, 3.05) is 13.6 Å². The van der Waals surface area contributed by atoms with Gasteiger partial charge in [0.2, 0.25) is 11.8 Å². The number of hydrogen-bond acceptors (Lipinski definition) is 8. The van der Waals surface area contributed by atoms with Crippen molar-refractivity contribution in [3.63, 3.8) is 0 Å². The van der Waals surface area contributed by atoms with Crippen molar-refractivity contribution in [3.8, 4) is 0 Å². The van der Waals surface area contributed by atoms with Gasteiger partial charge in [-0.25, -0.2) is 27.1 Å². The number of halogens is 2. The zero-order valence-corrected chi connectivity index (χ0v) is 33.4. The van der Waals surface area contributed by atoms with Gasteiger partial charge in [-0.1, -0.05) is 48.7 Å². The van der Waals surface area contributed by atoms with E-state index in [0.29, 0.717) is 35.4 Å². The van der Waals surface area contributed by atoms with Crippen molar-refractivity contribution >= 4 is 51.5 Å². The number of allylic oxidation sites excluding steroid dienone is 1. The molecule has 6 amide bonds. The number of nitrogens with zero attached hydrogens (tertiary/aromatic N) is 3. The number of carbonyl (C=O) groups is 5. The highest BCUT2D eigenvalue weighted by atomic mass is 35.5. The van der Waals surface area contributed by atoms with Crippen LogP contribution in [0.25, 0.3) is 0 Å². The maximum absolute atomic E-state index is 14.5. The smallest absolute Gasteiger partial charge is 0.410 e. The van der Waals surface area contributed by atoms with Crippen molar-refractivity contribution in [2.24, 2.45) is 5.92 Å². The maximum Gasteiger partial charge on any atom is 0.410 e. The number of fused-ring (bicyclic) bond motifs is 3. The normalized spacial score (nSPS) is 25.5. The lowest BCUT2D eigenvalue weighted by Gasteiger charge is -2.35. The van der Waals surface area contributed by atoms with Gasteiger partial charge in [-0.15, -0.1) is 0 Å². The summed E-state index contributed by atoms with van der Waals surface area (Å²) in [6.07, 6.45) is 4.84. The van der Waals surface area contributed by atoms with Crippen molar-refractivity contribution < 1.29 is 41.5 Å². The molecule has 0 aromatic heterocycles. The Morgan fingerprint density at radius 3 is 2.48 bits per heavy atom. The molecular formula is C39H48ClFN6O8S. The molecule has 1 saturated heterocycles. The number of carbonyl (C=O) groups excluding carboxylic acids is 5. The Morgan fingerprint density at radius 2 is 1.79 bits per heavy atom. The van der Waals surface area contributed by atoms with Gasteiger partial charge in [0, 0.05) is 42.1 Å². The Bertz CT molecular complexity index is 2030. The van der Waals surface area contributed by atoms with Crippen molar-refractivity contribution in [1.82, 2.24) is 30.1 Å². The van der Waals surface area contributed by atoms with Gasteiger partial charge >= 0.3 is 12.1 Å². The fourth-order valence-electron chi connectivity index (χ4n) is 7.33. The van der Waals surface area contributed by atoms with Crippen molar-refractivity contribution in [2.45, 2.75) is 113 Å². The van der Waals surface area contributed by atoms with Gasteiger partial charge in [0.15, 0.2) is 0 Å². The van der Waals surface area contributed by atoms with Crippen LogP contribution in [0.5, 0.6) is 0 Å². The monoisotopic (exact) mass is 814 g/mol. The first-order valence-corrected chi connectivity index (χ1v) is 20.6. The van der Waals surface area contributed by atoms with Gasteiger partial charge in [0.1, 0.15) is 29.5 Å². The summed E-state index contributed by atoms with van der Waals surface area (Å²) in [5.41, 5.74) is -1.20. The van der Waals surface area contributed by atoms with Gasteiger partial charge in [0.05, 0.1) is 18.0 Å². The molecule has 0 spiro atoms. The SMILES string of the molecule is CN(C(=O)N[C@H]1CCCCCC=C[C@@H]2C[C@@]2(C(=O)NS(=O)(=O)c2ccc(Cl)cc2)NC(=O)[C@@H]2C[C@@H](OC(=O)N3Cc4cccc(F)c4C3)CN2C1=O)C(C)(C)C. The molecule has 2 fully saturated rings. The zero-order valence-electron chi connectivity index (χ0n) is 31.8. The molecule has 17 heteroatoms. The number of ether oxygens (including phenoxy) is 1. The first kappa shape index (κ1) is 40.9. The number of amides is 6. The molecule has 3 heterocycles. The molecule has 3 N–H and O–H groups in total. The van der Waals surface area contributed by atoms with Crippen LogP contribution < -0.4 is 15.4 Å². The van der Waals surface area contributed by atoms with Crippen molar-refractivity contribution in [1.29, 1.82) is 0 Å². The third-order valence-corrected chi connectivity index (χ3v) is 12.7. The molecule has 2 aromatic rings. The summed E-state index contributed by atoms with van der Waals surface area (Å²) >= 11 is 5.94. The molecule has 56 heavy (non-hydrogen) atoms. The molecule has 4 aliphatic rings. The van der Waals surface area contributed by atoms with Crippen molar-refractivity contribution in [3.05, 3.63) is 76.6 Å². The van der Waals surface area contributed by atoms with E-state index in [0.717, 1.165) is 6.42 Å². The Kier molecular flexibility index (Phi) is 11.7. The minimum atomic E-state index is -4.36. The summed E-state index contributed by atoms with van der Waals surface area (Å²) < 4.78 is 49.0. The molecule has 3 aliphatic heterocycles. The summed E-state index contributed by atoms with van der Waals surface area (Å²) in [4.78, 5) is 73.5. The Balaban J connectivity index is 1.27. The minimum Gasteiger partial charge on any atom is -0.444 e. The molecule has 2 aromatic carbocycles. The second-order valence-corrected chi connectivity index (χ2v) is 18.1. The van der Waals surface area contributed by atoms with E-state index in [9.17, 15) is 36.8 Å². The fourth-order valence-corrected chi connectivity index (χ4v) is 8.49. The molecule has 6 rings (SSSR count). The number of hydrogen-bond donors (Lipinski definition) is 3. The number of rotatable bonds is 5. The Morgan fingerprint density at radius 1 is 1.05 bits per heavy atom. The van der Waals surface area contributed by atoms with Crippen LogP contribution in [0.2, 0.25) is 5.02 Å². The molecule has 0 unspecified atom stereocenters. The average molecular weight is 815 g/mol. The van der Waals surface area contributed by atoms with E-state index in [-0.39, 0.29) is 43.8 Å². The lowest BCUT2D eigenvalue weighted by Crippen LogP contribution is -2.59. The van der Waals surface area contributed by atoms with E-state index in [1.54, 1.807) is 25.3 Å². The molecule has 14 nitrogen and oxygen atoms in total. The van der Waals surface area contributed by atoms with Crippen LogP contribution >= 0.6 is 11.6 Å². The van der Waals surface area contributed by atoms with Crippen LogP contribution in [0.4, 0.5) is 14.0 Å². The van der Waals surface area contributed by atoms with E-state index in [1.165, 1.54) is 45.0 Å². The summed E-state index contributed by atoms with van der Waals surface area (Å²) in [6, 6.07) is 7.07. The van der Waals surface area contributed by atoms with Gasteiger partial charge in [-0.3, -0.25) is 19.3 Å². The Labute approximate surface area is 331 Å². The highest BCUT2D eigenvalue weighted by molar-refractivity contribution is 7.90. The number of benzene rings is 2. The maximum atomic E-state index is 14.5. The number of urea groups is 1. The van der Waals surface area contributed by atoms with Gasteiger partial charge in [0.25, 0.3) is 15.9 Å². The molecule has 1 aliphatic carbocycles. The van der Waals surface area contributed by atoms with E-state index in [1.807, 2.05) is 26.8 Å². The Hall–Kier alpha value is -4.70. The molecule has 302 valence electrons. The van der Waals surface area contributed by atoms with Crippen LogP contribution in [0, 0.1) is 11.7 Å². The van der Waals surface area contributed by atoms with Crippen LogP contribution in [0.1, 0.15) is 76.8 Å². The topological polar surface area (TPSA) is 175 Å². The molecular weight excluding hydrogens is 767 g/mol. The highest BCUT2D eigenvalue weighted by Crippen LogP contribution is 2.46.